The number of hydrogen-bond acceptors (Lipinski definition) is 4. The molecule has 2 rings (SSSR count). The van der Waals surface area contributed by atoms with Gasteiger partial charge in [0.1, 0.15) is 0 Å². The largest absolute Gasteiger partial charge is 0.376 e. The Bertz CT molecular complexity index is 307. The first-order valence-corrected chi connectivity index (χ1v) is 6.32. The lowest BCUT2D eigenvalue weighted by atomic mass is 9.98. The average Bonchev–Trinajstić information content (AvgIpc) is 2.68. The van der Waals surface area contributed by atoms with E-state index in [-0.39, 0.29) is 12.1 Å². The van der Waals surface area contributed by atoms with Crippen LogP contribution < -0.4 is 11.3 Å². The van der Waals surface area contributed by atoms with Gasteiger partial charge in [-0.1, -0.05) is 0 Å². The summed E-state index contributed by atoms with van der Waals surface area (Å²) in [4.78, 5) is 1.32. The van der Waals surface area contributed by atoms with Crippen LogP contribution in [-0.2, 0) is 4.74 Å². The topological polar surface area (TPSA) is 47.3 Å². The van der Waals surface area contributed by atoms with Crippen LogP contribution in [0.5, 0.6) is 0 Å². The minimum Gasteiger partial charge on any atom is -0.376 e. The van der Waals surface area contributed by atoms with E-state index in [1.807, 2.05) is 0 Å². The van der Waals surface area contributed by atoms with Gasteiger partial charge in [0.15, 0.2) is 0 Å². The maximum Gasteiger partial charge on any atom is 0.0783 e. The molecular formula is C11H18N2OS. The Balaban J connectivity index is 2.08. The summed E-state index contributed by atoms with van der Waals surface area (Å²) in [5, 5.41) is 2.16. The first kappa shape index (κ1) is 11.1. The number of hydrazine groups is 1. The number of aryl methyl sites for hydroxylation is 1. The third-order valence-corrected chi connectivity index (χ3v) is 3.76. The van der Waals surface area contributed by atoms with Gasteiger partial charge >= 0.3 is 0 Å². The summed E-state index contributed by atoms with van der Waals surface area (Å²) >= 11 is 1.76. The zero-order valence-corrected chi connectivity index (χ0v) is 9.85. The van der Waals surface area contributed by atoms with E-state index in [1.54, 1.807) is 11.3 Å². The Hall–Kier alpha value is -0.420. The molecule has 1 saturated heterocycles. The molecule has 1 aromatic heterocycles. The molecule has 0 spiro atoms. The maximum absolute atomic E-state index is 5.76. The van der Waals surface area contributed by atoms with Crippen molar-refractivity contribution >= 4 is 11.3 Å². The summed E-state index contributed by atoms with van der Waals surface area (Å²) in [5.74, 6) is 5.62. The number of rotatable bonds is 3. The molecule has 0 aromatic carbocycles. The van der Waals surface area contributed by atoms with Crippen LogP contribution in [0, 0.1) is 6.92 Å². The second-order valence-electron chi connectivity index (χ2n) is 4.04. The highest BCUT2D eigenvalue weighted by atomic mass is 32.1. The van der Waals surface area contributed by atoms with E-state index < -0.39 is 0 Å². The molecule has 2 heterocycles. The molecule has 84 valence electrons. The summed E-state index contributed by atoms with van der Waals surface area (Å²) < 4.78 is 5.76. The normalized spacial score (nSPS) is 24.0. The molecule has 4 heteroatoms. The van der Waals surface area contributed by atoms with Crippen LogP contribution in [-0.4, -0.2) is 12.7 Å². The Labute approximate surface area is 94.6 Å². The quantitative estimate of drug-likeness (QED) is 0.613. The molecule has 1 aliphatic rings. The Morgan fingerprint density at radius 3 is 3.00 bits per heavy atom. The zero-order valence-electron chi connectivity index (χ0n) is 9.03. The Morgan fingerprint density at radius 2 is 2.47 bits per heavy atom. The van der Waals surface area contributed by atoms with E-state index in [9.17, 15) is 0 Å². The lowest BCUT2D eigenvalue weighted by Gasteiger charge is -2.29. The van der Waals surface area contributed by atoms with Crippen LogP contribution in [0.4, 0.5) is 0 Å². The second-order valence-corrected chi connectivity index (χ2v) is 5.16. The van der Waals surface area contributed by atoms with Gasteiger partial charge in [-0.05, 0) is 43.2 Å². The molecule has 3 N–H and O–H groups in total. The molecule has 0 saturated carbocycles. The number of nitrogens with two attached hydrogens (primary N) is 1. The Kier molecular flexibility index (Phi) is 3.75. The third-order valence-electron chi connectivity index (χ3n) is 2.88. The van der Waals surface area contributed by atoms with Gasteiger partial charge in [0.05, 0.1) is 12.1 Å². The van der Waals surface area contributed by atoms with Gasteiger partial charge in [-0.25, -0.2) is 0 Å². The van der Waals surface area contributed by atoms with E-state index in [0.717, 1.165) is 13.0 Å². The number of hydrogen-bond donors (Lipinski definition) is 2. The van der Waals surface area contributed by atoms with Gasteiger partial charge < -0.3 is 4.74 Å². The van der Waals surface area contributed by atoms with E-state index in [4.69, 9.17) is 10.6 Å². The highest BCUT2D eigenvalue weighted by molar-refractivity contribution is 7.10. The van der Waals surface area contributed by atoms with Gasteiger partial charge in [-0.15, -0.1) is 11.3 Å². The molecule has 3 nitrogen and oxygen atoms in total. The summed E-state index contributed by atoms with van der Waals surface area (Å²) in [6, 6.07) is 2.34. The molecule has 1 aliphatic heterocycles. The fraction of sp³-hybridized carbons (Fsp3) is 0.636. The van der Waals surface area contributed by atoms with E-state index >= 15 is 0 Å². The predicted octanol–water partition coefficient (Wildman–Crippen LogP) is 2.13. The second kappa shape index (κ2) is 5.07. The van der Waals surface area contributed by atoms with E-state index in [1.165, 1.54) is 23.3 Å². The molecule has 0 aliphatic carbocycles. The third kappa shape index (κ3) is 2.58. The lowest BCUT2D eigenvalue weighted by Crippen LogP contribution is -2.39. The van der Waals surface area contributed by atoms with E-state index in [0.29, 0.717) is 0 Å². The fourth-order valence-corrected chi connectivity index (χ4v) is 2.81. The molecule has 15 heavy (non-hydrogen) atoms. The summed E-state index contributed by atoms with van der Waals surface area (Å²) in [6.45, 7) is 2.98. The number of nitrogens with one attached hydrogen (secondary N) is 1. The van der Waals surface area contributed by atoms with Gasteiger partial charge in [-0.3, -0.25) is 11.3 Å². The predicted molar refractivity (Wildman–Crippen MR) is 62.7 cm³/mol. The zero-order chi connectivity index (χ0) is 10.7. The maximum atomic E-state index is 5.76. The van der Waals surface area contributed by atoms with Crippen molar-refractivity contribution in [2.45, 2.75) is 38.3 Å². The molecule has 0 amide bonds. The van der Waals surface area contributed by atoms with Crippen molar-refractivity contribution in [2.75, 3.05) is 6.61 Å². The first-order chi connectivity index (χ1) is 7.31. The highest BCUT2D eigenvalue weighted by Crippen LogP contribution is 2.28. The fourth-order valence-electron chi connectivity index (χ4n) is 2.07. The van der Waals surface area contributed by atoms with Gasteiger partial charge in [0, 0.05) is 11.5 Å². The van der Waals surface area contributed by atoms with Crippen LogP contribution >= 0.6 is 11.3 Å². The average molecular weight is 226 g/mol. The van der Waals surface area contributed by atoms with Gasteiger partial charge in [0.25, 0.3) is 0 Å². The minimum atomic E-state index is 0.148. The van der Waals surface area contributed by atoms with Crippen LogP contribution in [0.25, 0.3) is 0 Å². The minimum absolute atomic E-state index is 0.148. The first-order valence-electron chi connectivity index (χ1n) is 5.44. The van der Waals surface area contributed by atoms with Crippen LogP contribution in [0.15, 0.2) is 11.4 Å². The molecule has 0 bridgehead atoms. The van der Waals surface area contributed by atoms with Crippen molar-refractivity contribution in [2.24, 2.45) is 5.84 Å². The van der Waals surface area contributed by atoms with Crippen molar-refractivity contribution in [1.82, 2.24) is 5.43 Å². The van der Waals surface area contributed by atoms with Crippen LogP contribution in [0.2, 0.25) is 0 Å². The molecule has 2 unspecified atom stereocenters. The van der Waals surface area contributed by atoms with E-state index in [2.05, 4.69) is 23.8 Å². The SMILES string of the molecule is Cc1cc(C(NN)C2CCCCO2)cs1. The summed E-state index contributed by atoms with van der Waals surface area (Å²) in [7, 11) is 0. The molecule has 2 atom stereocenters. The van der Waals surface area contributed by atoms with Gasteiger partial charge in [0.2, 0.25) is 0 Å². The van der Waals surface area contributed by atoms with Crippen molar-refractivity contribution < 1.29 is 4.74 Å². The smallest absolute Gasteiger partial charge is 0.0783 e. The van der Waals surface area contributed by atoms with Crippen molar-refractivity contribution in [1.29, 1.82) is 0 Å². The molecule has 1 aromatic rings. The van der Waals surface area contributed by atoms with Crippen molar-refractivity contribution in [3.05, 3.63) is 21.9 Å². The number of ether oxygens (including phenoxy) is 1. The monoisotopic (exact) mass is 226 g/mol. The van der Waals surface area contributed by atoms with Crippen LogP contribution in [0.3, 0.4) is 0 Å². The van der Waals surface area contributed by atoms with Crippen molar-refractivity contribution in [3.63, 3.8) is 0 Å². The molecule has 1 fully saturated rings. The Morgan fingerprint density at radius 1 is 1.60 bits per heavy atom. The molecule has 0 radical (unpaired) electrons. The lowest BCUT2D eigenvalue weighted by molar-refractivity contribution is -0.00813. The van der Waals surface area contributed by atoms with Crippen molar-refractivity contribution in [3.8, 4) is 0 Å². The summed E-state index contributed by atoms with van der Waals surface area (Å²) in [6.07, 6.45) is 3.75. The number of thiophene rings is 1. The van der Waals surface area contributed by atoms with Crippen LogP contribution in [0.1, 0.15) is 35.7 Å². The van der Waals surface area contributed by atoms with Gasteiger partial charge in [-0.2, -0.15) is 0 Å². The standard InChI is InChI=1S/C11H18N2OS/c1-8-6-9(7-15-8)11(13-12)10-4-2-3-5-14-10/h6-7,10-11,13H,2-5,12H2,1H3. The highest BCUT2D eigenvalue weighted by Gasteiger charge is 2.25. The summed E-state index contributed by atoms with van der Waals surface area (Å²) in [5.41, 5.74) is 4.14. The molecular weight excluding hydrogens is 208 g/mol.